The molecule has 0 atom stereocenters. The van der Waals surface area contributed by atoms with Crippen LogP contribution in [0.4, 0.5) is 13.2 Å². The topological polar surface area (TPSA) is 18.5 Å². The molecule has 180 valence electrons. The third kappa shape index (κ3) is 4.99. The highest BCUT2D eigenvalue weighted by Crippen LogP contribution is 2.41. The summed E-state index contributed by atoms with van der Waals surface area (Å²) in [5.41, 5.74) is 0.0262. The predicted octanol–water partition coefficient (Wildman–Crippen LogP) is 5.98. The van der Waals surface area contributed by atoms with Crippen LogP contribution < -0.4 is 10.4 Å². The van der Waals surface area contributed by atoms with Crippen LogP contribution in [0, 0.1) is 23.4 Å². The molecule has 0 aliphatic heterocycles. The first-order valence-corrected chi connectivity index (χ1v) is 13.6. The maximum atomic E-state index is 13.8. The van der Waals surface area contributed by atoms with Crippen molar-refractivity contribution in [3.63, 3.8) is 0 Å². The summed E-state index contributed by atoms with van der Waals surface area (Å²) < 4.78 is 53.1. The van der Waals surface area contributed by atoms with Crippen molar-refractivity contribution in [3.8, 4) is 0 Å². The molecule has 3 aromatic carbocycles. The van der Waals surface area contributed by atoms with Gasteiger partial charge in [0.25, 0.3) is 8.32 Å². The minimum atomic E-state index is -2.58. The van der Waals surface area contributed by atoms with Gasteiger partial charge >= 0.3 is 0 Å². The zero-order valence-corrected chi connectivity index (χ0v) is 20.9. The second-order valence-corrected chi connectivity index (χ2v) is 14.4. The summed E-state index contributed by atoms with van der Waals surface area (Å²) in [5, 5.41) is 2.42. The summed E-state index contributed by atoms with van der Waals surface area (Å²) in [6.45, 7) is 7.12. The fraction of sp³-hybridized carbons (Fsp3) is 0.357. The summed E-state index contributed by atoms with van der Waals surface area (Å²) in [4.78, 5) is 0. The van der Waals surface area contributed by atoms with Crippen LogP contribution in [0.15, 0.2) is 72.8 Å². The smallest absolute Gasteiger partial charge is 0.261 e. The van der Waals surface area contributed by atoms with E-state index in [4.69, 9.17) is 9.16 Å². The second-order valence-electron chi connectivity index (χ2n) is 10.1. The lowest BCUT2D eigenvalue weighted by Crippen LogP contribution is -2.68. The third-order valence-corrected chi connectivity index (χ3v) is 11.7. The SMILES string of the molecule is CC(C)(C)[Si](O[C@H]1C[C@@H](COCc2cc(F)c(F)cc2F)C1)(c1ccccc1)c1ccccc1. The van der Waals surface area contributed by atoms with Crippen molar-refractivity contribution < 1.29 is 22.3 Å². The van der Waals surface area contributed by atoms with Gasteiger partial charge in [0.1, 0.15) is 5.82 Å². The minimum absolute atomic E-state index is 0.0262. The summed E-state index contributed by atoms with van der Waals surface area (Å²) in [6, 6.07) is 22.5. The van der Waals surface area contributed by atoms with Gasteiger partial charge in [0, 0.05) is 17.7 Å². The Kier molecular flexibility index (Phi) is 7.31. The molecule has 1 aliphatic rings. The Labute approximate surface area is 200 Å². The Balaban J connectivity index is 1.44. The van der Waals surface area contributed by atoms with E-state index in [1.807, 2.05) is 12.1 Å². The van der Waals surface area contributed by atoms with E-state index in [1.54, 1.807) is 0 Å². The highest BCUT2D eigenvalue weighted by Gasteiger charge is 2.52. The Hall–Kier alpha value is -2.41. The molecule has 0 unspecified atom stereocenters. The van der Waals surface area contributed by atoms with Gasteiger partial charge in [-0.15, -0.1) is 0 Å². The van der Waals surface area contributed by atoms with Crippen molar-refractivity contribution >= 4 is 18.7 Å². The van der Waals surface area contributed by atoms with Gasteiger partial charge in [-0.3, -0.25) is 0 Å². The fourth-order valence-corrected chi connectivity index (χ4v) is 9.57. The molecule has 0 radical (unpaired) electrons. The van der Waals surface area contributed by atoms with Gasteiger partial charge < -0.3 is 9.16 Å². The van der Waals surface area contributed by atoms with Gasteiger partial charge in [-0.1, -0.05) is 81.4 Å². The molecule has 4 rings (SSSR count). The lowest BCUT2D eigenvalue weighted by molar-refractivity contribution is -0.00736. The maximum absolute atomic E-state index is 13.8. The fourth-order valence-electron chi connectivity index (χ4n) is 4.86. The highest BCUT2D eigenvalue weighted by atomic mass is 28.4. The minimum Gasteiger partial charge on any atom is -0.404 e. The average Bonchev–Trinajstić information content (AvgIpc) is 2.78. The molecule has 1 saturated carbocycles. The number of hydrogen-bond donors (Lipinski definition) is 0. The van der Waals surface area contributed by atoms with Crippen LogP contribution in [0.5, 0.6) is 0 Å². The summed E-state index contributed by atoms with van der Waals surface area (Å²) in [6.07, 6.45) is 1.81. The quantitative estimate of drug-likeness (QED) is 0.289. The van der Waals surface area contributed by atoms with Gasteiger partial charge in [0.05, 0.1) is 13.2 Å². The first kappa shape index (κ1) is 24.7. The van der Waals surface area contributed by atoms with Crippen molar-refractivity contribution in [2.75, 3.05) is 6.61 Å². The molecule has 34 heavy (non-hydrogen) atoms. The Morgan fingerprint density at radius 1 is 0.794 bits per heavy atom. The summed E-state index contributed by atoms with van der Waals surface area (Å²) >= 11 is 0. The lowest BCUT2D eigenvalue weighted by atomic mass is 9.83. The molecule has 0 bridgehead atoms. The molecule has 1 fully saturated rings. The zero-order valence-electron chi connectivity index (χ0n) is 19.9. The molecule has 6 heteroatoms. The Morgan fingerprint density at radius 3 is 1.85 bits per heavy atom. The molecule has 0 saturated heterocycles. The first-order valence-electron chi connectivity index (χ1n) is 11.7. The highest BCUT2D eigenvalue weighted by molar-refractivity contribution is 6.99. The van der Waals surface area contributed by atoms with Crippen LogP contribution >= 0.6 is 0 Å². The van der Waals surface area contributed by atoms with E-state index in [1.165, 1.54) is 10.4 Å². The van der Waals surface area contributed by atoms with Crippen molar-refractivity contribution in [1.29, 1.82) is 0 Å². The average molecular weight is 485 g/mol. The van der Waals surface area contributed by atoms with Gasteiger partial charge in [-0.2, -0.15) is 0 Å². The maximum Gasteiger partial charge on any atom is 0.261 e. The van der Waals surface area contributed by atoms with Crippen molar-refractivity contribution in [3.05, 3.63) is 95.8 Å². The van der Waals surface area contributed by atoms with Crippen molar-refractivity contribution in [2.45, 2.75) is 51.4 Å². The van der Waals surface area contributed by atoms with Gasteiger partial charge in [-0.05, 0) is 40.2 Å². The van der Waals surface area contributed by atoms with Crippen LogP contribution in [0.2, 0.25) is 5.04 Å². The predicted molar refractivity (Wildman–Crippen MR) is 131 cm³/mol. The monoisotopic (exact) mass is 484 g/mol. The van der Waals surface area contributed by atoms with Gasteiger partial charge in [0.2, 0.25) is 0 Å². The van der Waals surface area contributed by atoms with E-state index in [0.29, 0.717) is 12.7 Å². The van der Waals surface area contributed by atoms with Crippen LogP contribution in [0.3, 0.4) is 0 Å². The Bertz CT molecular complexity index is 1050. The Morgan fingerprint density at radius 2 is 1.32 bits per heavy atom. The number of rotatable bonds is 8. The number of benzene rings is 3. The molecule has 1 aliphatic carbocycles. The van der Waals surface area contributed by atoms with Gasteiger partial charge in [0.15, 0.2) is 11.6 Å². The molecule has 0 amide bonds. The lowest BCUT2D eigenvalue weighted by Gasteiger charge is -2.48. The third-order valence-electron chi connectivity index (χ3n) is 6.65. The van der Waals surface area contributed by atoms with Crippen molar-refractivity contribution in [2.24, 2.45) is 5.92 Å². The summed E-state index contributed by atoms with van der Waals surface area (Å²) in [5.74, 6) is -2.76. The molecule has 2 nitrogen and oxygen atoms in total. The molecular formula is C28H31F3O2Si. The van der Waals surface area contributed by atoms with E-state index < -0.39 is 25.8 Å². The molecular weight excluding hydrogens is 453 g/mol. The standard InChI is InChI=1S/C28H31F3O2Si/c1-28(2,3)34(23-10-6-4-7-11-23,24-12-8-5-9-13-24)33-22-14-20(15-22)18-32-19-21-16-26(30)27(31)17-25(21)29/h4-13,16-17,20,22H,14-15,18-19H2,1-3H3/t20-,22+. The van der Waals surface area contributed by atoms with E-state index >= 15 is 0 Å². The van der Waals surface area contributed by atoms with Crippen LogP contribution in [-0.4, -0.2) is 21.0 Å². The molecule has 0 heterocycles. The number of hydrogen-bond acceptors (Lipinski definition) is 2. The van der Waals surface area contributed by atoms with Crippen LogP contribution in [-0.2, 0) is 15.8 Å². The zero-order chi connectivity index (χ0) is 24.3. The van der Waals surface area contributed by atoms with Crippen LogP contribution in [0.1, 0.15) is 39.2 Å². The first-order chi connectivity index (χ1) is 16.2. The number of halogens is 3. The van der Waals surface area contributed by atoms with Crippen molar-refractivity contribution in [1.82, 2.24) is 0 Å². The van der Waals surface area contributed by atoms with Gasteiger partial charge in [-0.25, -0.2) is 13.2 Å². The van der Waals surface area contributed by atoms with E-state index in [0.717, 1.165) is 18.9 Å². The molecule has 3 aromatic rings. The van der Waals surface area contributed by atoms with E-state index in [9.17, 15) is 13.2 Å². The normalized spacial score (nSPS) is 18.5. The molecule has 0 N–H and O–H groups in total. The number of ether oxygens (including phenoxy) is 1. The molecule has 0 aromatic heterocycles. The van der Waals surface area contributed by atoms with E-state index in [-0.39, 0.29) is 29.2 Å². The van der Waals surface area contributed by atoms with Crippen LogP contribution in [0.25, 0.3) is 0 Å². The summed E-state index contributed by atoms with van der Waals surface area (Å²) in [7, 11) is -2.58. The van der Waals surface area contributed by atoms with E-state index in [2.05, 4.69) is 69.3 Å². The molecule has 0 spiro atoms. The second kappa shape index (κ2) is 10.1. The largest absolute Gasteiger partial charge is 0.404 e.